The number of rotatable bonds is 8. The highest BCUT2D eigenvalue weighted by atomic mass is 32.2. The minimum Gasteiger partial charge on any atom is -0.333 e. The van der Waals surface area contributed by atoms with Crippen LogP contribution in [0, 0.1) is 6.92 Å². The van der Waals surface area contributed by atoms with Crippen molar-refractivity contribution >= 4 is 17.7 Å². The molecule has 6 heteroatoms. The van der Waals surface area contributed by atoms with Crippen LogP contribution in [0.3, 0.4) is 0 Å². The third-order valence-electron chi connectivity index (χ3n) is 5.52. The lowest BCUT2D eigenvalue weighted by atomic mass is 10.1. The molecule has 0 saturated heterocycles. The van der Waals surface area contributed by atoms with E-state index in [1.165, 1.54) is 17.3 Å². The molecule has 33 heavy (non-hydrogen) atoms. The van der Waals surface area contributed by atoms with Crippen molar-refractivity contribution < 1.29 is 4.79 Å². The maximum atomic E-state index is 13.5. The molecule has 0 spiro atoms. The van der Waals surface area contributed by atoms with Crippen LogP contribution in [0.25, 0.3) is 11.4 Å². The fraction of sp³-hybridized carbons (Fsp3) is 0.222. The van der Waals surface area contributed by atoms with Crippen LogP contribution in [-0.2, 0) is 24.9 Å². The molecule has 0 aliphatic rings. The Morgan fingerprint density at radius 1 is 0.879 bits per heavy atom. The fourth-order valence-electron chi connectivity index (χ4n) is 3.66. The summed E-state index contributed by atoms with van der Waals surface area (Å²) in [5, 5.41) is 9.17. The molecule has 0 saturated carbocycles. The van der Waals surface area contributed by atoms with Gasteiger partial charge in [-0.15, -0.1) is 10.2 Å². The molecule has 4 rings (SSSR count). The summed E-state index contributed by atoms with van der Waals surface area (Å²) in [6.07, 6.45) is 0. The zero-order valence-corrected chi connectivity index (χ0v) is 20.0. The normalized spacial score (nSPS) is 11.8. The lowest BCUT2D eigenvalue weighted by Crippen LogP contribution is -2.35. The molecule has 0 radical (unpaired) electrons. The summed E-state index contributed by atoms with van der Waals surface area (Å²) in [6.45, 7) is 5.13. The van der Waals surface area contributed by atoms with Gasteiger partial charge in [0.2, 0.25) is 5.91 Å². The average Bonchev–Trinajstić information content (AvgIpc) is 3.20. The molecule has 1 aromatic heterocycles. The minimum absolute atomic E-state index is 0.0765. The van der Waals surface area contributed by atoms with Crippen LogP contribution in [0.15, 0.2) is 90.1 Å². The van der Waals surface area contributed by atoms with Crippen LogP contribution in [0.5, 0.6) is 0 Å². The van der Waals surface area contributed by atoms with Crippen LogP contribution in [0.4, 0.5) is 0 Å². The fourth-order valence-corrected chi connectivity index (χ4v) is 4.56. The molecule has 0 fully saturated rings. The van der Waals surface area contributed by atoms with E-state index in [-0.39, 0.29) is 11.2 Å². The molecule has 168 valence electrons. The molecule has 0 bridgehead atoms. The number of carbonyl (C=O) groups excluding carboxylic acids is 1. The van der Waals surface area contributed by atoms with Gasteiger partial charge in [0.05, 0.1) is 5.25 Å². The average molecular weight is 457 g/mol. The van der Waals surface area contributed by atoms with Crippen molar-refractivity contribution in [2.24, 2.45) is 7.05 Å². The Kier molecular flexibility index (Phi) is 7.25. The summed E-state index contributed by atoms with van der Waals surface area (Å²) in [4.78, 5) is 15.4. The first kappa shape index (κ1) is 22.8. The van der Waals surface area contributed by atoms with Crippen molar-refractivity contribution in [2.75, 3.05) is 0 Å². The maximum absolute atomic E-state index is 13.5. The van der Waals surface area contributed by atoms with Gasteiger partial charge in [-0.2, -0.15) is 0 Å². The molecule has 1 unspecified atom stereocenters. The van der Waals surface area contributed by atoms with E-state index < -0.39 is 0 Å². The van der Waals surface area contributed by atoms with Crippen LogP contribution < -0.4 is 0 Å². The van der Waals surface area contributed by atoms with Gasteiger partial charge in [-0.1, -0.05) is 102 Å². The molecule has 4 aromatic rings. The highest BCUT2D eigenvalue weighted by molar-refractivity contribution is 8.00. The predicted octanol–water partition coefficient (Wildman–Crippen LogP) is 5.50. The van der Waals surface area contributed by atoms with Gasteiger partial charge in [0.15, 0.2) is 11.0 Å². The van der Waals surface area contributed by atoms with Gasteiger partial charge >= 0.3 is 0 Å². The van der Waals surface area contributed by atoms with E-state index in [2.05, 4.69) is 53.5 Å². The number of hydrogen-bond donors (Lipinski definition) is 0. The third-order valence-corrected chi connectivity index (χ3v) is 6.64. The Labute approximate surface area is 199 Å². The van der Waals surface area contributed by atoms with Gasteiger partial charge < -0.3 is 9.47 Å². The largest absolute Gasteiger partial charge is 0.333 e. The molecule has 1 amide bonds. The van der Waals surface area contributed by atoms with Crippen LogP contribution in [0.2, 0.25) is 0 Å². The van der Waals surface area contributed by atoms with Crippen molar-refractivity contribution in [3.63, 3.8) is 0 Å². The second kappa shape index (κ2) is 10.5. The Balaban J connectivity index is 1.52. The van der Waals surface area contributed by atoms with Crippen molar-refractivity contribution in [2.45, 2.75) is 37.3 Å². The van der Waals surface area contributed by atoms with Gasteiger partial charge in [-0.3, -0.25) is 4.79 Å². The van der Waals surface area contributed by atoms with Gasteiger partial charge in [-0.25, -0.2) is 0 Å². The molecule has 0 N–H and O–H groups in total. The zero-order valence-electron chi connectivity index (χ0n) is 19.2. The lowest BCUT2D eigenvalue weighted by molar-refractivity contribution is -0.131. The second-order valence-corrected chi connectivity index (χ2v) is 9.46. The highest BCUT2D eigenvalue weighted by Gasteiger charge is 2.24. The molecular weight excluding hydrogens is 428 g/mol. The van der Waals surface area contributed by atoms with E-state index in [4.69, 9.17) is 0 Å². The predicted molar refractivity (Wildman–Crippen MR) is 134 cm³/mol. The van der Waals surface area contributed by atoms with E-state index in [0.29, 0.717) is 13.1 Å². The third kappa shape index (κ3) is 5.71. The Morgan fingerprint density at radius 2 is 1.42 bits per heavy atom. The van der Waals surface area contributed by atoms with E-state index in [1.807, 2.05) is 72.0 Å². The first-order valence-electron chi connectivity index (χ1n) is 11.0. The number of carbonyl (C=O) groups is 1. The number of aryl methyl sites for hydroxylation is 1. The first-order chi connectivity index (χ1) is 16.0. The summed E-state index contributed by atoms with van der Waals surface area (Å²) >= 11 is 1.44. The highest BCUT2D eigenvalue weighted by Crippen LogP contribution is 2.27. The Morgan fingerprint density at radius 3 is 1.97 bits per heavy atom. The van der Waals surface area contributed by atoms with E-state index >= 15 is 0 Å². The van der Waals surface area contributed by atoms with Crippen LogP contribution >= 0.6 is 11.8 Å². The van der Waals surface area contributed by atoms with Crippen molar-refractivity contribution in [1.82, 2.24) is 19.7 Å². The quantitative estimate of drug-likeness (QED) is 0.329. The van der Waals surface area contributed by atoms with Crippen molar-refractivity contribution in [1.29, 1.82) is 0 Å². The Hall–Kier alpha value is -3.38. The summed E-state index contributed by atoms with van der Waals surface area (Å²) in [7, 11) is 1.94. The number of benzene rings is 3. The maximum Gasteiger partial charge on any atom is 0.236 e. The Bertz CT molecular complexity index is 1150. The van der Waals surface area contributed by atoms with E-state index in [1.54, 1.807) is 0 Å². The summed E-state index contributed by atoms with van der Waals surface area (Å²) in [5.74, 6) is 0.871. The minimum atomic E-state index is -0.300. The number of nitrogens with zero attached hydrogens (tertiary/aromatic N) is 4. The number of thioether (sulfide) groups is 1. The molecule has 5 nitrogen and oxygen atoms in total. The first-order valence-corrected chi connectivity index (χ1v) is 11.9. The molecule has 0 aliphatic heterocycles. The van der Waals surface area contributed by atoms with E-state index in [0.717, 1.165) is 27.7 Å². The van der Waals surface area contributed by atoms with Gasteiger partial charge in [-0.05, 0) is 25.0 Å². The van der Waals surface area contributed by atoms with Crippen molar-refractivity contribution in [3.8, 4) is 11.4 Å². The molecule has 3 aromatic carbocycles. The van der Waals surface area contributed by atoms with Gasteiger partial charge in [0, 0.05) is 25.7 Å². The number of aromatic nitrogens is 3. The summed E-state index contributed by atoms with van der Waals surface area (Å²) in [6, 6.07) is 28.4. The lowest BCUT2D eigenvalue weighted by Gasteiger charge is -2.26. The van der Waals surface area contributed by atoms with Crippen LogP contribution in [-0.4, -0.2) is 30.8 Å². The van der Waals surface area contributed by atoms with Gasteiger partial charge in [0.25, 0.3) is 0 Å². The molecule has 1 atom stereocenters. The zero-order chi connectivity index (χ0) is 23.2. The SMILES string of the molecule is Cc1ccc(-c2nnc(SC(C)C(=O)N(Cc3ccccc3)Cc3ccccc3)n2C)cc1. The molecular formula is C27H28N4OS. The van der Waals surface area contributed by atoms with Crippen LogP contribution in [0.1, 0.15) is 23.6 Å². The summed E-state index contributed by atoms with van der Waals surface area (Å²) < 4.78 is 1.96. The van der Waals surface area contributed by atoms with Crippen molar-refractivity contribution in [3.05, 3.63) is 102 Å². The molecule has 0 aliphatic carbocycles. The standard InChI is InChI=1S/C27H28N4OS/c1-20-14-16-24(17-15-20)25-28-29-27(30(25)3)33-21(2)26(32)31(18-22-10-6-4-7-11-22)19-23-12-8-5-9-13-23/h4-17,21H,18-19H2,1-3H3. The summed E-state index contributed by atoms with van der Waals surface area (Å²) in [5.41, 5.74) is 4.43. The topological polar surface area (TPSA) is 51.0 Å². The van der Waals surface area contributed by atoms with E-state index in [9.17, 15) is 4.79 Å². The number of hydrogen-bond acceptors (Lipinski definition) is 4. The molecule has 1 heterocycles. The smallest absolute Gasteiger partial charge is 0.236 e. The monoisotopic (exact) mass is 456 g/mol. The van der Waals surface area contributed by atoms with Gasteiger partial charge in [0.1, 0.15) is 0 Å². The second-order valence-electron chi connectivity index (χ2n) is 8.16. The number of amides is 1.